The first-order chi connectivity index (χ1) is 16.1. The van der Waals surface area contributed by atoms with Crippen LogP contribution in [0.15, 0.2) is 54.6 Å². The van der Waals surface area contributed by atoms with Gasteiger partial charge in [0.2, 0.25) is 0 Å². The molecule has 3 aromatic rings. The monoisotopic (exact) mass is 458 g/mol. The van der Waals surface area contributed by atoms with Crippen molar-refractivity contribution in [2.24, 2.45) is 5.92 Å². The number of hydrogen-bond donors (Lipinski definition) is 1. The van der Waals surface area contributed by atoms with Gasteiger partial charge in [0.25, 0.3) is 0 Å². The Morgan fingerprint density at radius 3 is 2.06 bits per heavy atom. The number of aryl methyl sites for hydroxylation is 4. The lowest BCUT2D eigenvalue weighted by Gasteiger charge is -2.27. The highest BCUT2D eigenvalue weighted by atomic mass is 16.5. The van der Waals surface area contributed by atoms with Crippen LogP contribution in [0.1, 0.15) is 58.7 Å². The Bertz CT molecular complexity index is 1200. The predicted molar refractivity (Wildman–Crippen MR) is 138 cm³/mol. The Kier molecular flexibility index (Phi) is 7.83. The Morgan fingerprint density at radius 2 is 1.47 bits per heavy atom. The van der Waals surface area contributed by atoms with Gasteiger partial charge in [-0.3, -0.25) is 0 Å². The zero-order valence-corrected chi connectivity index (χ0v) is 21.1. The average Bonchev–Trinajstić information content (AvgIpc) is 2.78. The molecule has 3 aromatic carbocycles. The van der Waals surface area contributed by atoms with Gasteiger partial charge < -0.3 is 14.6 Å². The molecule has 0 radical (unpaired) electrons. The van der Waals surface area contributed by atoms with Crippen molar-refractivity contribution in [1.29, 1.82) is 0 Å². The topological polar surface area (TPSA) is 55.8 Å². The second kappa shape index (κ2) is 10.6. The molecule has 0 aromatic heterocycles. The van der Waals surface area contributed by atoms with Crippen LogP contribution in [0.4, 0.5) is 0 Å². The van der Waals surface area contributed by atoms with Crippen LogP contribution in [0, 0.1) is 33.6 Å². The van der Waals surface area contributed by atoms with Crippen LogP contribution in [0.5, 0.6) is 17.2 Å². The first kappa shape index (κ1) is 25.1. The summed E-state index contributed by atoms with van der Waals surface area (Å²) in [6.07, 6.45) is 3.16. The molecule has 3 rings (SSSR count). The van der Waals surface area contributed by atoms with Gasteiger partial charge in [-0.25, -0.2) is 4.79 Å². The van der Waals surface area contributed by atoms with Crippen molar-refractivity contribution < 1.29 is 19.4 Å². The second-order valence-electron chi connectivity index (χ2n) is 9.27. The average molecular weight is 459 g/mol. The highest BCUT2D eigenvalue weighted by Crippen LogP contribution is 2.44. The van der Waals surface area contributed by atoms with E-state index in [1.165, 1.54) is 6.08 Å². The van der Waals surface area contributed by atoms with E-state index in [1.54, 1.807) is 13.2 Å². The number of hydrogen-bond acceptors (Lipinski definition) is 4. The summed E-state index contributed by atoms with van der Waals surface area (Å²) in [4.78, 5) is 12.8. The van der Waals surface area contributed by atoms with Crippen LogP contribution in [0.3, 0.4) is 0 Å². The van der Waals surface area contributed by atoms with Gasteiger partial charge in [0.05, 0.1) is 7.11 Å². The van der Waals surface area contributed by atoms with Crippen LogP contribution in [-0.4, -0.2) is 18.2 Å². The number of carbonyl (C=O) groups is 1. The van der Waals surface area contributed by atoms with Crippen molar-refractivity contribution in [3.05, 3.63) is 93.6 Å². The molecule has 0 aliphatic carbocycles. The maximum absolute atomic E-state index is 12.8. The number of rotatable bonds is 7. The van der Waals surface area contributed by atoms with Crippen molar-refractivity contribution in [2.45, 2.75) is 47.5 Å². The van der Waals surface area contributed by atoms with Crippen LogP contribution in [0.2, 0.25) is 0 Å². The Balaban J connectivity index is 2.01. The molecular weight excluding hydrogens is 424 g/mol. The number of methoxy groups -OCH3 is 1. The number of aromatic hydroxyl groups is 1. The molecule has 4 heteroatoms. The van der Waals surface area contributed by atoms with E-state index in [0.29, 0.717) is 11.5 Å². The molecule has 0 amide bonds. The van der Waals surface area contributed by atoms with E-state index in [2.05, 4.69) is 19.9 Å². The normalized spacial score (nSPS) is 12.2. The quantitative estimate of drug-likeness (QED) is 0.234. The Hall–Kier alpha value is -3.53. The Labute approximate surface area is 202 Å². The highest BCUT2D eigenvalue weighted by molar-refractivity contribution is 5.89. The largest absolute Gasteiger partial charge is 0.507 e. The molecule has 0 bridgehead atoms. The van der Waals surface area contributed by atoms with Gasteiger partial charge in [-0.15, -0.1) is 0 Å². The van der Waals surface area contributed by atoms with E-state index in [4.69, 9.17) is 9.47 Å². The first-order valence-electron chi connectivity index (χ1n) is 11.6. The summed E-state index contributed by atoms with van der Waals surface area (Å²) in [5, 5.41) is 10.9. The summed E-state index contributed by atoms with van der Waals surface area (Å²) < 4.78 is 11.1. The second-order valence-corrected chi connectivity index (χ2v) is 9.27. The van der Waals surface area contributed by atoms with Gasteiger partial charge in [-0.1, -0.05) is 61.4 Å². The maximum atomic E-state index is 12.8. The summed E-state index contributed by atoms with van der Waals surface area (Å²) >= 11 is 0. The third-order valence-corrected chi connectivity index (χ3v) is 5.99. The third kappa shape index (κ3) is 5.69. The van der Waals surface area contributed by atoms with E-state index in [1.807, 2.05) is 70.2 Å². The van der Waals surface area contributed by atoms with Crippen molar-refractivity contribution in [2.75, 3.05) is 7.11 Å². The van der Waals surface area contributed by atoms with Gasteiger partial charge in [-0.05, 0) is 68.5 Å². The Morgan fingerprint density at radius 1 is 0.882 bits per heavy atom. The minimum absolute atomic E-state index is 0.134. The lowest BCUT2D eigenvalue weighted by Crippen LogP contribution is -2.15. The van der Waals surface area contributed by atoms with Gasteiger partial charge in [-0.2, -0.15) is 0 Å². The summed E-state index contributed by atoms with van der Waals surface area (Å²) in [5.41, 5.74) is 6.51. The number of benzene rings is 3. The van der Waals surface area contributed by atoms with Crippen molar-refractivity contribution >= 4 is 12.0 Å². The van der Waals surface area contributed by atoms with Crippen LogP contribution in [0.25, 0.3) is 6.08 Å². The van der Waals surface area contributed by atoms with Crippen molar-refractivity contribution in [1.82, 2.24) is 0 Å². The molecule has 34 heavy (non-hydrogen) atoms. The fraction of sp³-hybridized carbons (Fsp3) is 0.300. The standard InChI is InChI=1S/C30H34O4/c1-18(2)28(25-16-19(3)14-21(5)29(25)32)26-17-20(4)15-22(6)30(26)34-27(31)13-10-23-8-11-24(33-7)12-9-23/h8-18,28,32H,1-7H3. The molecule has 178 valence electrons. The summed E-state index contributed by atoms with van der Waals surface area (Å²) in [6, 6.07) is 15.5. The number of phenolic OH excluding ortho intramolecular Hbond substituents is 1. The van der Waals surface area contributed by atoms with Crippen molar-refractivity contribution in [3.63, 3.8) is 0 Å². The fourth-order valence-electron chi connectivity index (χ4n) is 4.49. The number of carbonyl (C=O) groups excluding carboxylic acids is 1. The minimum Gasteiger partial charge on any atom is -0.507 e. The SMILES string of the molecule is COc1ccc(C=CC(=O)Oc2c(C)cc(C)cc2C(c2cc(C)cc(C)c2O)C(C)C)cc1. The van der Waals surface area contributed by atoms with E-state index in [0.717, 1.165) is 44.7 Å². The molecule has 0 heterocycles. The van der Waals surface area contributed by atoms with Crippen LogP contribution >= 0.6 is 0 Å². The zero-order chi connectivity index (χ0) is 25.0. The zero-order valence-electron chi connectivity index (χ0n) is 21.1. The molecule has 1 N–H and O–H groups in total. The van der Waals surface area contributed by atoms with E-state index < -0.39 is 5.97 Å². The summed E-state index contributed by atoms with van der Waals surface area (Å²) in [6.45, 7) is 12.2. The molecule has 0 saturated heterocycles. The van der Waals surface area contributed by atoms with Crippen LogP contribution < -0.4 is 9.47 Å². The lowest BCUT2D eigenvalue weighted by atomic mass is 9.79. The number of esters is 1. The smallest absolute Gasteiger partial charge is 0.336 e. The molecule has 0 aliphatic heterocycles. The maximum Gasteiger partial charge on any atom is 0.336 e. The molecule has 0 spiro atoms. The molecule has 0 aliphatic rings. The molecule has 4 nitrogen and oxygen atoms in total. The van der Waals surface area contributed by atoms with Gasteiger partial charge in [0.15, 0.2) is 0 Å². The fourth-order valence-corrected chi connectivity index (χ4v) is 4.49. The van der Waals surface area contributed by atoms with Crippen molar-refractivity contribution in [3.8, 4) is 17.2 Å². The minimum atomic E-state index is -0.448. The summed E-state index contributed by atoms with van der Waals surface area (Å²) in [7, 11) is 1.62. The predicted octanol–water partition coefficient (Wildman–Crippen LogP) is 7.04. The molecule has 1 atom stereocenters. The molecule has 1 unspecified atom stereocenters. The van der Waals surface area contributed by atoms with E-state index >= 15 is 0 Å². The molecule has 0 fully saturated rings. The van der Waals surface area contributed by atoms with Gasteiger partial charge in [0, 0.05) is 23.1 Å². The van der Waals surface area contributed by atoms with Gasteiger partial charge in [0.1, 0.15) is 17.2 Å². The van der Waals surface area contributed by atoms with E-state index in [9.17, 15) is 9.90 Å². The molecule has 0 saturated carbocycles. The number of ether oxygens (including phenoxy) is 2. The van der Waals surface area contributed by atoms with E-state index in [-0.39, 0.29) is 11.8 Å². The first-order valence-corrected chi connectivity index (χ1v) is 11.6. The third-order valence-electron chi connectivity index (χ3n) is 5.99. The number of phenols is 1. The molecular formula is C30H34O4. The lowest BCUT2D eigenvalue weighted by molar-refractivity contribution is -0.129. The van der Waals surface area contributed by atoms with Gasteiger partial charge >= 0.3 is 5.97 Å². The summed E-state index contributed by atoms with van der Waals surface area (Å²) in [5.74, 6) is 1.18. The highest BCUT2D eigenvalue weighted by Gasteiger charge is 2.27. The van der Waals surface area contributed by atoms with Crippen LogP contribution in [-0.2, 0) is 4.79 Å².